The SMILES string of the molecule is CCNC(=O)C1(O)CC(C(=O)O)CCN1CO. The predicted octanol–water partition coefficient (Wildman–Crippen LogP) is -1.44. The fourth-order valence-corrected chi connectivity index (χ4v) is 2.01. The summed E-state index contributed by atoms with van der Waals surface area (Å²) in [5, 5.41) is 30.7. The van der Waals surface area contributed by atoms with Crippen molar-refractivity contribution in [2.24, 2.45) is 5.92 Å². The molecule has 0 radical (unpaired) electrons. The van der Waals surface area contributed by atoms with E-state index in [1.165, 1.54) is 4.90 Å². The van der Waals surface area contributed by atoms with E-state index in [4.69, 9.17) is 10.2 Å². The number of aliphatic carboxylic acids is 1. The molecule has 0 saturated carbocycles. The van der Waals surface area contributed by atoms with Crippen molar-refractivity contribution in [1.82, 2.24) is 10.2 Å². The van der Waals surface area contributed by atoms with E-state index < -0.39 is 30.3 Å². The molecule has 1 saturated heterocycles. The molecule has 1 aliphatic heterocycles. The first-order chi connectivity index (χ1) is 7.95. The summed E-state index contributed by atoms with van der Waals surface area (Å²) in [5.41, 5.74) is -1.94. The Morgan fingerprint density at radius 2 is 2.18 bits per heavy atom. The van der Waals surface area contributed by atoms with Gasteiger partial charge in [0.25, 0.3) is 5.91 Å². The van der Waals surface area contributed by atoms with Crippen molar-refractivity contribution in [3.8, 4) is 0 Å². The van der Waals surface area contributed by atoms with Gasteiger partial charge in [0, 0.05) is 19.5 Å². The molecule has 17 heavy (non-hydrogen) atoms. The van der Waals surface area contributed by atoms with Gasteiger partial charge < -0.3 is 20.6 Å². The smallest absolute Gasteiger partial charge is 0.306 e. The molecule has 0 aromatic heterocycles. The quantitative estimate of drug-likeness (QED) is 0.483. The highest BCUT2D eigenvalue weighted by atomic mass is 16.4. The second-order valence-electron chi connectivity index (χ2n) is 4.11. The van der Waals surface area contributed by atoms with E-state index in [1.807, 2.05) is 0 Å². The Hall–Kier alpha value is -1.18. The van der Waals surface area contributed by atoms with E-state index in [0.717, 1.165) is 0 Å². The Kier molecular flexibility index (Phi) is 4.44. The Morgan fingerprint density at radius 3 is 2.65 bits per heavy atom. The molecule has 0 aromatic carbocycles. The van der Waals surface area contributed by atoms with Gasteiger partial charge in [-0.1, -0.05) is 0 Å². The van der Waals surface area contributed by atoms with E-state index in [9.17, 15) is 14.7 Å². The Balaban J connectivity index is 2.88. The molecule has 0 spiro atoms. The molecule has 0 aliphatic carbocycles. The molecular weight excluding hydrogens is 228 g/mol. The van der Waals surface area contributed by atoms with Gasteiger partial charge in [0.2, 0.25) is 5.72 Å². The van der Waals surface area contributed by atoms with E-state index >= 15 is 0 Å². The van der Waals surface area contributed by atoms with Gasteiger partial charge in [0.05, 0.1) is 12.6 Å². The summed E-state index contributed by atoms with van der Waals surface area (Å²) in [5.74, 6) is -2.48. The van der Waals surface area contributed by atoms with Crippen molar-refractivity contribution < 1.29 is 24.9 Å². The largest absolute Gasteiger partial charge is 0.481 e. The molecule has 1 amide bonds. The topological polar surface area (TPSA) is 110 Å². The molecule has 4 N–H and O–H groups in total. The Morgan fingerprint density at radius 1 is 1.53 bits per heavy atom. The lowest BCUT2D eigenvalue weighted by Gasteiger charge is -2.42. The van der Waals surface area contributed by atoms with Gasteiger partial charge in [0.15, 0.2) is 0 Å². The highest BCUT2D eigenvalue weighted by Gasteiger charge is 2.48. The number of carboxylic acid groups (broad SMARTS) is 1. The van der Waals surface area contributed by atoms with Crippen LogP contribution in [0.15, 0.2) is 0 Å². The molecule has 1 aliphatic rings. The van der Waals surface area contributed by atoms with Gasteiger partial charge >= 0.3 is 5.97 Å². The van der Waals surface area contributed by atoms with Gasteiger partial charge in [-0.15, -0.1) is 0 Å². The zero-order valence-corrected chi connectivity index (χ0v) is 9.72. The minimum atomic E-state index is -1.94. The Bertz CT molecular complexity index is 309. The number of nitrogens with one attached hydrogen (secondary N) is 1. The number of carbonyl (C=O) groups excluding carboxylic acids is 1. The normalized spacial score (nSPS) is 29.9. The van der Waals surface area contributed by atoms with Crippen molar-refractivity contribution in [3.05, 3.63) is 0 Å². The molecule has 1 rings (SSSR count). The summed E-state index contributed by atoms with van der Waals surface area (Å²) in [7, 11) is 0. The van der Waals surface area contributed by atoms with Crippen LogP contribution in [0.25, 0.3) is 0 Å². The van der Waals surface area contributed by atoms with E-state index in [0.29, 0.717) is 13.0 Å². The highest BCUT2D eigenvalue weighted by Crippen LogP contribution is 2.30. The maximum atomic E-state index is 11.8. The average Bonchev–Trinajstić information content (AvgIpc) is 2.29. The van der Waals surface area contributed by atoms with Crippen molar-refractivity contribution in [2.75, 3.05) is 19.8 Å². The first-order valence-electron chi connectivity index (χ1n) is 5.55. The van der Waals surface area contributed by atoms with Crippen molar-refractivity contribution in [3.63, 3.8) is 0 Å². The van der Waals surface area contributed by atoms with Crippen LogP contribution in [-0.2, 0) is 9.59 Å². The van der Waals surface area contributed by atoms with E-state index in [2.05, 4.69) is 5.32 Å². The summed E-state index contributed by atoms with van der Waals surface area (Å²) in [6.07, 6.45) is 0.0896. The number of amides is 1. The van der Waals surface area contributed by atoms with Crippen LogP contribution in [0.5, 0.6) is 0 Å². The van der Waals surface area contributed by atoms with Crippen LogP contribution in [0.1, 0.15) is 19.8 Å². The summed E-state index contributed by atoms with van der Waals surface area (Å²) in [6.45, 7) is 1.71. The first kappa shape index (κ1) is 13.9. The zero-order chi connectivity index (χ0) is 13.1. The van der Waals surface area contributed by atoms with Crippen LogP contribution < -0.4 is 5.32 Å². The number of likely N-dealkylation sites (tertiary alicyclic amines) is 1. The number of carbonyl (C=O) groups is 2. The highest BCUT2D eigenvalue weighted by molar-refractivity contribution is 5.85. The third kappa shape index (κ3) is 2.74. The van der Waals surface area contributed by atoms with Gasteiger partial charge in [0.1, 0.15) is 0 Å². The van der Waals surface area contributed by atoms with E-state index in [-0.39, 0.29) is 13.0 Å². The fraction of sp³-hybridized carbons (Fsp3) is 0.800. The maximum absolute atomic E-state index is 11.8. The summed E-state index contributed by atoms with van der Waals surface area (Å²) in [4.78, 5) is 23.8. The molecule has 1 heterocycles. The minimum absolute atomic E-state index is 0.168. The van der Waals surface area contributed by atoms with Crippen molar-refractivity contribution in [1.29, 1.82) is 0 Å². The van der Waals surface area contributed by atoms with Crippen LogP contribution in [0.3, 0.4) is 0 Å². The molecule has 7 nitrogen and oxygen atoms in total. The third-order valence-electron chi connectivity index (χ3n) is 3.02. The molecule has 2 unspecified atom stereocenters. The lowest BCUT2D eigenvalue weighted by Crippen LogP contribution is -2.63. The van der Waals surface area contributed by atoms with Crippen LogP contribution in [0.2, 0.25) is 0 Å². The number of nitrogens with zero attached hydrogens (tertiary/aromatic N) is 1. The summed E-state index contributed by atoms with van der Waals surface area (Å²) >= 11 is 0. The second kappa shape index (κ2) is 5.44. The molecule has 1 fully saturated rings. The number of aliphatic hydroxyl groups excluding tert-OH is 1. The number of rotatable bonds is 4. The fourth-order valence-electron chi connectivity index (χ4n) is 2.01. The lowest BCUT2D eigenvalue weighted by molar-refractivity contribution is -0.192. The van der Waals surface area contributed by atoms with Crippen LogP contribution in [0.4, 0.5) is 0 Å². The lowest BCUT2D eigenvalue weighted by atomic mass is 9.88. The third-order valence-corrected chi connectivity index (χ3v) is 3.02. The summed E-state index contributed by atoms with van der Waals surface area (Å²) in [6, 6.07) is 0. The van der Waals surface area contributed by atoms with Crippen molar-refractivity contribution in [2.45, 2.75) is 25.5 Å². The minimum Gasteiger partial charge on any atom is -0.481 e. The number of aliphatic hydroxyl groups is 2. The molecule has 0 aromatic rings. The molecule has 2 atom stereocenters. The Labute approximate surface area is 99.0 Å². The predicted molar refractivity (Wildman–Crippen MR) is 57.8 cm³/mol. The monoisotopic (exact) mass is 246 g/mol. The summed E-state index contributed by atoms with van der Waals surface area (Å²) < 4.78 is 0. The van der Waals surface area contributed by atoms with Gasteiger partial charge in [-0.05, 0) is 13.3 Å². The number of likely N-dealkylation sites (N-methyl/N-ethyl adjacent to an activating group) is 1. The zero-order valence-electron chi connectivity index (χ0n) is 9.72. The first-order valence-corrected chi connectivity index (χ1v) is 5.55. The van der Waals surface area contributed by atoms with Gasteiger partial charge in [-0.3, -0.25) is 9.59 Å². The van der Waals surface area contributed by atoms with E-state index in [1.54, 1.807) is 6.92 Å². The average molecular weight is 246 g/mol. The van der Waals surface area contributed by atoms with Gasteiger partial charge in [-0.2, -0.15) is 0 Å². The van der Waals surface area contributed by atoms with Crippen molar-refractivity contribution >= 4 is 11.9 Å². The number of carboxylic acids is 1. The molecule has 7 heteroatoms. The van der Waals surface area contributed by atoms with Crippen LogP contribution in [0, 0.1) is 5.92 Å². The standard InChI is InChI=1S/C10H18N2O5/c1-2-11-9(16)10(17)5-7(8(14)15)3-4-12(10)6-13/h7,13,17H,2-6H2,1H3,(H,11,16)(H,14,15). The molecule has 98 valence electrons. The number of hydrogen-bond acceptors (Lipinski definition) is 5. The molecule has 0 bridgehead atoms. The van der Waals surface area contributed by atoms with Gasteiger partial charge in [-0.25, -0.2) is 4.90 Å². The molecular formula is C10H18N2O5. The number of piperidine rings is 1. The van der Waals surface area contributed by atoms with Crippen LogP contribution in [-0.4, -0.2) is 57.6 Å². The maximum Gasteiger partial charge on any atom is 0.306 e. The second-order valence-corrected chi connectivity index (χ2v) is 4.11. The number of hydrogen-bond donors (Lipinski definition) is 4. The van der Waals surface area contributed by atoms with Crippen LogP contribution >= 0.6 is 0 Å².